The van der Waals surface area contributed by atoms with E-state index in [0.29, 0.717) is 58.1 Å². The summed E-state index contributed by atoms with van der Waals surface area (Å²) in [5.41, 5.74) is 2.76. The summed E-state index contributed by atoms with van der Waals surface area (Å²) in [4.78, 5) is 28.7. The molecular formula is C30H36FN7O5S. The Morgan fingerprint density at radius 2 is 1.73 bits per heavy atom. The zero-order chi connectivity index (χ0) is 32.1. The lowest BCUT2D eigenvalue weighted by molar-refractivity contribution is 0.0159. The number of carbonyl (C=O) groups excluding carboxylic acids is 1. The molecule has 1 amide bonds. The van der Waals surface area contributed by atoms with Crippen molar-refractivity contribution in [1.82, 2.24) is 33.8 Å². The summed E-state index contributed by atoms with van der Waals surface area (Å²) in [7, 11) is -3.36. The molecule has 2 aromatic heterocycles. The van der Waals surface area contributed by atoms with Gasteiger partial charge in [-0.1, -0.05) is 12.1 Å². The Morgan fingerprint density at radius 3 is 2.32 bits per heavy atom. The molecule has 0 radical (unpaired) electrons. The fourth-order valence-electron chi connectivity index (χ4n) is 5.28. The molecule has 0 saturated heterocycles. The predicted molar refractivity (Wildman–Crippen MR) is 162 cm³/mol. The summed E-state index contributed by atoms with van der Waals surface area (Å²) in [6, 6.07) is 9.58. The molecule has 3 heterocycles. The normalized spacial score (nSPS) is 15.4. The fourth-order valence-corrected chi connectivity index (χ4v) is 5.71. The molecule has 1 N–H and O–H groups in total. The van der Waals surface area contributed by atoms with Gasteiger partial charge in [0.15, 0.2) is 5.82 Å². The first-order chi connectivity index (χ1) is 20.5. The van der Waals surface area contributed by atoms with E-state index < -0.39 is 33.4 Å². The Labute approximate surface area is 255 Å². The maximum Gasteiger partial charge on any atom is 0.410 e. The molecular weight excluding hydrogens is 589 g/mol. The summed E-state index contributed by atoms with van der Waals surface area (Å²) < 4.78 is 49.8. The Balaban J connectivity index is 1.62. The first-order valence-corrected chi connectivity index (χ1v) is 16.0. The van der Waals surface area contributed by atoms with Gasteiger partial charge in [-0.3, -0.25) is 0 Å². The monoisotopic (exact) mass is 625 g/mol. The second-order valence-electron chi connectivity index (χ2n) is 12.0. The van der Waals surface area contributed by atoms with Crippen LogP contribution < -0.4 is 10.4 Å². The first-order valence-electron chi connectivity index (χ1n) is 14.1. The van der Waals surface area contributed by atoms with Crippen molar-refractivity contribution < 1.29 is 22.3 Å². The number of fused-ring (bicyclic) bond motifs is 1. The lowest BCUT2D eigenvalue weighted by Crippen LogP contribution is -2.42. The van der Waals surface area contributed by atoms with Crippen LogP contribution in [0.5, 0.6) is 0 Å². The van der Waals surface area contributed by atoms with Crippen molar-refractivity contribution in [2.45, 2.75) is 66.2 Å². The van der Waals surface area contributed by atoms with Gasteiger partial charge in [0.1, 0.15) is 17.7 Å². The number of sulfonamides is 1. The van der Waals surface area contributed by atoms with Crippen LogP contribution in [-0.4, -0.2) is 61.9 Å². The topological polar surface area (TPSA) is 133 Å². The van der Waals surface area contributed by atoms with Crippen molar-refractivity contribution in [2.75, 3.05) is 12.8 Å². The minimum atomic E-state index is -3.36. The Kier molecular flexibility index (Phi) is 8.01. The van der Waals surface area contributed by atoms with Gasteiger partial charge in [-0.05, 0) is 82.5 Å². The second-order valence-corrected chi connectivity index (χ2v) is 13.9. The predicted octanol–water partition coefficient (Wildman–Crippen LogP) is 3.87. The van der Waals surface area contributed by atoms with Crippen LogP contribution in [-0.2, 0) is 27.7 Å². The molecule has 5 rings (SSSR count). The lowest BCUT2D eigenvalue weighted by Gasteiger charge is -2.34. The van der Waals surface area contributed by atoms with Crippen LogP contribution in [0.15, 0.2) is 47.5 Å². The van der Waals surface area contributed by atoms with Gasteiger partial charge in [-0.25, -0.2) is 36.4 Å². The Hall–Kier alpha value is -4.30. The smallest absolute Gasteiger partial charge is 0.410 e. The number of nitrogens with one attached hydrogen (secondary N) is 1. The molecule has 0 aliphatic carbocycles. The highest BCUT2D eigenvalue weighted by Crippen LogP contribution is 2.36. The molecule has 0 spiro atoms. The molecule has 44 heavy (non-hydrogen) atoms. The zero-order valence-corrected chi connectivity index (χ0v) is 26.6. The highest BCUT2D eigenvalue weighted by atomic mass is 32.2. The number of ether oxygens (including phenoxy) is 1. The maximum absolute atomic E-state index is 14.6. The summed E-state index contributed by atoms with van der Waals surface area (Å²) in [6.07, 6.45) is 2.41. The minimum absolute atomic E-state index is 0.107. The van der Waals surface area contributed by atoms with Gasteiger partial charge in [0.25, 0.3) is 0 Å². The van der Waals surface area contributed by atoms with Gasteiger partial charge in [-0.2, -0.15) is 14.9 Å². The number of aromatic nitrogens is 5. The Morgan fingerprint density at radius 1 is 1.09 bits per heavy atom. The number of rotatable bonds is 6. The van der Waals surface area contributed by atoms with Gasteiger partial charge in [0.05, 0.1) is 29.4 Å². The van der Waals surface area contributed by atoms with E-state index in [1.807, 2.05) is 6.92 Å². The molecule has 0 saturated carbocycles. The molecule has 2 aromatic carbocycles. The van der Waals surface area contributed by atoms with Gasteiger partial charge in [0, 0.05) is 25.1 Å². The van der Waals surface area contributed by atoms with Crippen LogP contribution in [0.1, 0.15) is 61.7 Å². The third-order valence-electron chi connectivity index (χ3n) is 7.36. The van der Waals surface area contributed by atoms with E-state index in [-0.39, 0.29) is 12.4 Å². The van der Waals surface area contributed by atoms with E-state index in [1.54, 1.807) is 80.6 Å². The van der Waals surface area contributed by atoms with E-state index in [0.717, 1.165) is 6.26 Å². The molecule has 1 atom stereocenters. The van der Waals surface area contributed by atoms with Crippen LogP contribution >= 0.6 is 0 Å². The SMILES string of the molecule is Cc1cc(-n2nc3c(c2-n2cnn(-c4ccc(CNS(C)(=O)=O)cc4)c2=O)[C@H](C)N(C(=O)OC(C)(C)C)CC3)cc(C)c1F. The maximum atomic E-state index is 14.6. The largest absolute Gasteiger partial charge is 0.444 e. The van der Waals surface area contributed by atoms with Crippen molar-refractivity contribution in [1.29, 1.82) is 0 Å². The van der Waals surface area contributed by atoms with Crippen LogP contribution in [0, 0.1) is 19.7 Å². The molecule has 0 fully saturated rings. The molecule has 12 nitrogen and oxygen atoms in total. The number of halogens is 1. The number of benzene rings is 2. The third-order valence-corrected chi connectivity index (χ3v) is 8.03. The minimum Gasteiger partial charge on any atom is -0.444 e. The van der Waals surface area contributed by atoms with Crippen LogP contribution in [0.4, 0.5) is 9.18 Å². The summed E-state index contributed by atoms with van der Waals surface area (Å²) >= 11 is 0. The fraction of sp³-hybridized carbons (Fsp3) is 0.400. The van der Waals surface area contributed by atoms with E-state index >= 15 is 0 Å². The molecule has 1 aliphatic heterocycles. The number of hydrogen-bond acceptors (Lipinski definition) is 7. The van der Waals surface area contributed by atoms with Crippen LogP contribution in [0.2, 0.25) is 0 Å². The highest BCUT2D eigenvalue weighted by Gasteiger charge is 2.37. The molecule has 14 heteroatoms. The molecule has 1 aliphatic rings. The van der Waals surface area contributed by atoms with Crippen molar-refractivity contribution in [3.05, 3.63) is 87.0 Å². The highest BCUT2D eigenvalue weighted by molar-refractivity contribution is 7.88. The van der Waals surface area contributed by atoms with E-state index in [9.17, 15) is 22.4 Å². The second kappa shape index (κ2) is 11.3. The van der Waals surface area contributed by atoms with Gasteiger partial charge in [-0.15, -0.1) is 0 Å². The average molecular weight is 626 g/mol. The number of carbonyl (C=O) groups is 1. The molecule has 4 aromatic rings. The first kappa shape index (κ1) is 31.1. The standard InChI is InChI=1S/C30H36FN7O5S/c1-18-14-23(15-19(2)26(18)31)37-27(25-20(3)35(13-12-24(25)34-37)29(40)43-30(4,5)6)36-17-32-38(28(36)39)22-10-8-21(9-11-22)16-33-44(7,41)42/h8-11,14-15,17,20,33H,12-13,16H2,1-7H3/t20-/m0/s1. The van der Waals surface area contributed by atoms with Crippen LogP contribution in [0.3, 0.4) is 0 Å². The third kappa shape index (κ3) is 6.17. The number of aryl methyl sites for hydroxylation is 2. The number of hydrogen-bond donors (Lipinski definition) is 1. The van der Waals surface area contributed by atoms with Gasteiger partial charge >= 0.3 is 11.8 Å². The summed E-state index contributed by atoms with van der Waals surface area (Å²) in [5, 5.41) is 9.23. The quantitative estimate of drug-likeness (QED) is 0.344. The summed E-state index contributed by atoms with van der Waals surface area (Å²) in [5.74, 6) is 0.0632. The van der Waals surface area contributed by atoms with E-state index in [1.165, 1.54) is 15.6 Å². The van der Waals surface area contributed by atoms with Crippen molar-refractivity contribution in [3.63, 3.8) is 0 Å². The number of amides is 1. The van der Waals surface area contributed by atoms with E-state index in [4.69, 9.17) is 9.84 Å². The van der Waals surface area contributed by atoms with Gasteiger partial charge in [0.2, 0.25) is 10.0 Å². The Bertz CT molecular complexity index is 1880. The van der Waals surface area contributed by atoms with Crippen molar-refractivity contribution in [2.24, 2.45) is 0 Å². The summed E-state index contributed by atoms with van der Waals surface area (Å²) in [6.45, 7) is 11.1. The lowest BCUT2D eigenvalue weighted by atomic mass is 10.00. The van der Waals surface area contributed by atoms with Crippen molar-refractivity contribution in [3.8, 4) is 17.2 Å². The van der Waals surface area contributed by atoms with E-state index in [2.05, 4.69) is 9.82 Å². The van der Waals surface area contributed by atoms with Crippen molar-refractivity contribution >= 4 is 16.1 Å². The van der Waals surface area contributed by atoms with Gasteiger partial charge < -0.3 is 9.64 Å². The zero-order valence-electron chi connectivity index (χ0n) is 25.8. The molecule has 234 valence electrons. The van der Waals surface area contributed by atoms with Crippen LogP contribution in [0.25, 0.3) is 17.2 Å². The molecule has 0 bridgehead atoms. The average Bonchev–Trinajstić information content (AvgIpc) is 3.50. The number of nitrogens with zero attached hydrogens (tertiary/aromatic N) is 6. The molecule has 0 unspecified atom stereocenters.